The van der Waals surface area contributed by atoms with Gasteiger partial charge in [0.2, 0.25) is 0 Å². The van der Waals surface area contributed by atoms with Gasteiger partial charge in [0, 0.05) is 16.7 Å². The molecule has 0 radical (unpaired) electrons. The molecule has 0 atom stereocenters. The molecule has 0 aliphatic rings. The van der Waals surface area contributed by atoms with E-state index in [1.807, 2.05) is 79.7 Å². The van der Waals surface area contributed by atoms with Crippen molar-refractivity contribution in [2.45, 2.75) is 6.92 Å². The summed E-state index contributed by atoms with van der Waals surface area (Å²) in [7, 11) is 0. The molecule has 0 aliphatic heterocycles. The predicted molar refractivity (Wildman–Crippen MR) is 202 cm³/mol. The van der Waals surface area contributed by atoms with Gasteiger partial charge in [0.1, 0.15) is 0 Å². The maximum absolute atomic E-state index is 9.14. The van der Waals surface area contributed by atoms with Gasteiger partial charge in [0.15, 0.2) is 17.5 Å². The summed E-state index contributed by atoms with van der Waals surface area (Å²) in [5.74, 6) is 1.83. The lowest BCUT2D eigenvalue weighted by Crippen LogP contribution is -2.02. The Morgan fingerprint density at radius 3 is 1.53 bits per heavy atom. The average Bonchev–Trinajstić information content (AvgIpc) is 3.18. The van der Waals surface area contributed by atoms with Gasteiger partial charge in [0.05, 0.1) is 11.6 Å². The molecule has 0 saturated carbocycles. The maximum Gasteiger partial charge on any atom is 0.164 e. The summed E-state index contributed by atoms with van der Waals surface area (Å²) in [6.07, 6.45) is 7.61. The van der Waals surface area contributed by atoms with Crippen LogP contribution < -0.4 is 0 Å². The van der Waals surface area contributed by atoms with Crippen LogP contribution in [0, 0.1) is 11.3 Å². The van der Waals surface area contributed by atoms with Crippen LogP contribution in [0.25, 0.3) is 72.5 Å². The molecule has 1 heterocycles. The minimum absolute atomic E-state index is 0.595. The van der Waals surface area contributed by atoms with Crippen molar-refractivity contribution in [3.05, 3.63) is 182 Å². The Morgan fingerprint density at radius 1 is 0.551 bits per heavy atom. The third kappa shape index (κ3) is 6.47. The molecule has 1 aromatic heterocycles. The molecule has 232 valence electrons. The topological polar surface area (TPSA) is 62.5 Å². The zero-order chi connectivity index (χ0) is 33.6. The third-order valence-corrected chi connectivity index (χ3v) is 8.49. The van der Waals surface area contributed by atoms with Gasteiger partial charge in [-0.15, -0.1) is 0 Å². The van der Waals surface area contributed by atoms with Crippen LogP contribution >= 0.6 is 0 Å². The second-order valence-electron chi connectivity index (χ2n) is 11.6. The van der Waals surface area contributed by atoms with Crippen molar-refractivity contribution in [2.24, 2.45) is 0 Å². The molecule has 7 rings (SSSR count). The molecule has 0 saturated heterocycles. The van der Waals surface area contributed by atoms with Gasteiger partial charge in [0.25, 0.3) is 0 Å². The van der Waals surface area contributed by atoms with Gasteiger partial charge in [-0.1, -0.05) is 158 Å². The largest absolute Gasteiger partial charge is 0.208 e. The van der Waals surface area contributed by atoms with Gasteiger partial charge in [-0.05, 0) is 63.2 Å². The number of fused-ring (bicyclic) bond motifs is 1. The van der Waals surface area contributed by atoms with Crippen molar-refractivity contribution in [1.82, 2.24) is 15.0 Å². The molecule has 0 spiro atoms. The highest BCUT2D eigenvalue weighted by molar-refractivity contribution is 6.05. The number of hydrogen-bond acceptors (Lipinski definition) is 4. The van der Waals surface area contributed by atoms with Crippen LogP contribution in [-0.4, -0.2) is 15.0 Å². The molecule has 4 heteroatoms. The molecule has 0 amide bonds. The Labute approximate surface area is 286 Å². The molecule has 0 unspecified atom stereocenters. The van der Waals surface area contributed by atoms with E-state index in [4.69, 9.17) is 20.2 Å². The molecule has 6 aromatic carbocycles. The summed E-state index contributed by atoms with van der Waals surface area (Å²) < 4.78 is 0. The molecular formula is C45H32N4. The minimum atomic E-state index is 0.595. The number of benzene rings is 6. The van der Waals surface area contributed by atoms with Crippen LogP contribution in [0.1, 0.15) is 18.3 Å². The molecule has 7 aromatic rings. The summed E-state index contributed by atoms with van der Waals surface area (Å²) in [6, 6.07) is 49.9. The van der Waals surface area contributed by atoms with E-state index in [-0.39, 0.29) is 0 Å². The Hall–Kier alpha value is -6.70. The molecule has 0 N–H and O–H groups in total. The van der Waals surface area contributed by atoms with Crippen LogP contribution in [0.3, 0.4) is 0 Å². The summed E-state index contributed by atoms with van der Waals surface area (Å²) in [5.41, 5.74) is 10.2. The fourth-order valence-electron chi connectivity index (χ4n) is 6.04. The van der Waals surface area contributed by atoms with Gasteiger partial charge < -0.3 is 0 Å². The maximum atomic E-state index is 9.14. The highest BCUT2D eigenvalue weighted by Crippen LogP contribution is 2.37. The molecule has 0 aliphatic carbocycles. The first-order chi connectivity index (χ1) is 24.1. The van der Waals surface area contributed by atoms with E-state index in [0.717, 1.165) is 44.5 Å². The van der Waals surface area contributed by atoms with Crippen molar-refractivity contribution in [1.29, 1.82) is 5.26 Å². The van der Waals surface area contributed by atoms with E-state index in [1.54, 1.807) is 6.08 Å². The fraction of sp³-hybridized carbons (Fsp3) is 0.0222. The predicted octanol–water partition coefficient (Wildman–Crippen LogP) is 11.4. The van der Waals surface area contributed by atoms with Crippen LogP contribution in [0.5, 0.6) is 0 Å². The SMILES string of the molecule is C=C/C=C(\C=C/C)c1nc(-c2ccccc2)nc(-c2ccc(-c3ccc(-c4ccc(-c5ccc(C#N)cc5)cc4)c4ccccc34)cc2)n1. The van der Waals surface area contributed by atoms with Crippen LogP contribution in [0.15, 0.2) is 170 Å². The molecule has 0 fully saturated rings. The van der Waals surface area contributed by atoms with Gasteiger partial charge in [-0.25, -0.2) is 15.0 Å². The number of nitrogens with zero attached hydrogens (tertiary/aromatic N) is 4. The first-order valence-electron chi connectivity index (χ1n) is 16.2. The first-order valence-corrected chi connectivity index (χ1v) is 16.2. The second kappa shape index (κ2) is 14.0. The third-order valence-electron chi connectivity index (χ3n) is 8.49. The first kappa shape index (κ1) is 30.9. The highest BCUT2D eigenvalue weighted by atomic mass is 15.0. The van der Waals surface area contributed by atoms with E-state index in [0.29, 0.717) is 23.0 Å². The molecular weight excluding hydrogens is 597 g/mol. The summed E-state index contributed by atoms with van der Waals surface area (Å²) in [4.78, 5) is 14.6. The van der Waals surface area contributed by atoms with Gasteiger partial charge in [-0.2, -0.15) is 5.26 Å². The summed E-state index contributed by atoms with van der Waals surface area (Å²) in [5, 5.41) is 11.5. The number of allylic oxidation sites excluding steroid dienone is 5. The normalized spacial score (nSPS) is 11.5. The van der Waals surface area contributed by atoms with Gasteiger partial charge in [-0.3, -0.25) is 0 Å². The van der Waals surface area contributed by atoms with Crippen molar-refractivity contribution in [2.75, 3.05) is 0 Å². The van der Waals surface area contributed by atoms with Crippen LogP contribution in [0.2, 0.25) is 0 Å². The zero-order valence-corrected chi connectivity index (χ0v) is 27.1. The number of nitriles is 1. The monoisotopic (exact) mass is 628 g/mol. The smallest absolute Gasteiger partial charge is 0.164 e. The van der Waals surface area contributed by atoms with E-state index in [2.05, 4.69) is 97.6 Å². The fourth-order valence-corrected chi connectivity index (χ4v) is 6.04. The molecule has 4 nitrogen and oxygen atoms in total. The van der Waals surface area contributed by atoms with Crippen LogP contribution in [0.4, 0.5) is 0 Å². The highest BCUT2D eigenvalue weighted by Gasteiger charge is 2.14. The zero-order valence-electron chi connectivity index (χ0n) is 27.1. The number of rotatable bonds is 8. The quantitative estimate of drug-likeness (QED) is 0.157. The van der Waals surface area contributed by atoms with Crippen molar-refractivity contribution < 1.29 is 0 Å². The van der Waals surface area contributed by atoms with Gasteiger partial charge >= 0.3 is 0 Å². The second-order valence-corrected chi connectivity index (χ2v) is 11.6. The van der Waals surface area contributed by atoms with Crippen molar-refractivity contribution in [3.8, 4) is 62.2 Å². The van der Waals surface area contributed by atoms with E-state index < -0.39 is 0 Å². The Morgan fingerprint density at radius 2 is 1.02 bits per heavy atom. The lowest BCUT2D eigenvalue weighted by atomic mass is 9.91. The van der Waals surface area contributed by atoms with E-state index in [1.165, 1.54) is 16.3 Å². The van der Waals surface area contributed by atoms with E-state index >= 15 is 0 Å². The Kier molecular flexibility index (Phi) is 8.82. The van der Waals surface area contributed by atoms with E-state index in [9.17, 15) is 0 Å². The summed E-state index contributed by atoms with van der Waals surface area (Å²) >= 11 is 0. The Bertz CT molecular complexity index is 2380. The van der Waals surface area contributed by atoms with Crippen LogP contribution in [-0.2, 0) is 0 Å². The standard InChI is InChI=1S/C45H32N4/c1-3-10-36(11-4-2)43-47-44(37-12-6-5-7-13-37)49-45(48-43)38-26-24-35(25-27-38)40-29-28-39(41-14-8-9-15-42(40)41)34-22-20-33(21-23-34)32-18-16-31(30-46)17-19-32/h3-29H,1H2,2H3/b11-4-,36-10+. The number of hydrogen-bond donors (Lipinski definition) is 0. The van der Waals surface area contributed by atoms with Crippen molar-refractivity contribution >= 4 is 16.3 Å². The molecule has 0 bridgehead atoms. The van der Waals surface area contributed by atoms with Crippen molar-refractivity contribution in [3.63, 3.8) is 0 Å². The average molecular weight is 629 g/mol. The number of aromatic nitrogens is 3. The molecule has 49 heavy (non-hydrogen) atoms. The Balaban J connectivity index is 1.24. The lowest BCUT2D eigenvalue weighted by Gasteiger charge is -2.13. The lowest BCUT2D eigenvalue weighted by molar-refractivity contribution is 1.04. The minimum Gasteiger partial charge on any atom is -0.208 e. The summed E-state index contributed by atoms with van der Waals surface area (Å²) in [6.45, 7) is 5.86.